The minimum atomic E-state index is -6.00. The van der Waals surface area contributed by atoms with Crippen LogP contribution >= 0.6 is 0 Å². The number of aryl methyl sites for hydroxylation is 2. The van der Waals surface area contributed by atoms with Gasteiger partial charge in [0.25, 0.3) is 5.82 Å². The number of hydrogen-bond donors (Lipinski definition) is 0. The summed E-state index contributed by atoms with van der Waals surface area (Å²) in [5.74, 6) is 1.34. The zero-order valence-corrected chi connectivity index (χ0v) is 11.2. The van der Waals surface area contributed by atoms with Crippen molar-refractivity contribution in [3.63, 3.8) is 0 Å². The Morgan fingerprint density at radius 3 is 2.11 bits per heavy atom. The fraction of sp³-hybridized carbons (Fsp3) is 0.727. The number of imidazole rings is 1. The van der Waals surface area contributed by atoms with Crippen LogP contribution in [0.3, 0.4) is 0 Å². The van der Waals surface area contributed by atoms with Crippen LogP contribution in [0.1, 0.15) is 38.4 Å². The van der Waals surface area contributed by atoms with E-state index in [9.17, 15) is 17.3 Å². The molecule has 0 radical (unpaired) electrons. The van der Waals surface area contributed by atoms with Crippen LogP contribution in [0.2, 0.25) is 0 Å². The molecule has 1 aromatic heterocycles. The van der Waals surface area contributed by atoms with Gasteiger partial charge in [0.2, 0.25) is 0 Å². The van der Waals surface area contributed by atoms with Crippen molar-refractivity contribution in [3.05, 3.63) is 18.2 Å². The minimum absolute atomic E-state index is 1.17. The molecule has 0 aliphatic heterocycles. The maximum atomic E-state index is 9.75. The quantitative estimate of drug-likeness (QED) is 0.334. The second-order valence-corrected chi connectivity index (χ2v) is 4.21. The van der Waals surface area contributed by atoms with Gasteiger partial charge in [0.1, 0.15) is 12.4 Å². The summed E-state index contributed by atoms with van der Waals surface area (Å²) in [6.07, 6.45) is 9.64. The molecule has 0 unspecified atom stereocenters. The number of nitrogens with zero attached hydrogens (tertiary/aromatic N) is 2. The molecular formula is C11H21BF4N2. The first-order valence-electron chi connectivity index (χ1n) is 6.14. The molecule has 0 N–H and O–H groups in total. The SMILES string of the molecule is CCCCCC[n+]1ccn(C)c1C.F[B-](F)(F)F. The van der Waals surface area contributed by atoms with E-state index >= 15 is 0 Å². The fourth-order valence-electron chi connectivity index (χ4n) is 1.54. The Kier molecular flexibility index (Phi) is 7.70. The van der Waals surface area contributed by atoms with Gasteiger partial charge in [-0.25, -0.2) is 9.13 Å². The highest BCUT2D eigenvalue weighted by Crippen LogP contribution is 2.06. The van der Waals surface area contributed by atoms with E-state index in [0.29, 0.717) is 0 Å². The third-order valence-electron chi connectivity index (χ3n) is 2.65. The summed E-state index contributed by atoms with van der Waals surface area (Å²) < 4.78 is 43.5. The van der Waals surface area contributed by atoms with Crippen molar-refractivity contribution in [1.82, 2.24) is 4.57 Å². The van der Waals surface area contributed by atoms with Gasteiger partial charge in [-0.2, -0.15) is 0 Å². The monoisotopic (exact) mass is 268 g/mol. The van der Waals surface area contributed by atoms with Gasteiger partial charge in [0.05, 0.1) is 13.6 Å². The number of halogens is 4. The van der Waals surface area contributed by atoms with Crippen LogP contribution in [0.25, 0.3) is 0 Å². The molecule has 106 valence electrons. The maximum absolute atomic E-state index is 9.75. The molecule has 0 aromatic carbocycles. The van der Waals surface area contributed by atoms with Crippen molar-refractivity contribution >= 4 is 7.25 Å². The highest BCUT2D eigenvalue weighted by atomic mass is 19.5. The zero-order valence-electron chi connectivity index (χ0n) is 11.2. The van der Waals surface area contributed by atoms with Crippen LogP contribution in [-0.2, 0) is 13.6 Å². The zero-order chi connectivity index (χ0) is 14.2. The normalized spacial score (nSPS) is 11.1. The molecule has 0 amide bonds. The average molecular weight is 268 g/mol. The third-order valence-corrected chi connectivity index (χ3v) is 2.65. The predicted octanol–water partition coefficient (Wildman–Crippen LogP) is 3.50. The van der Waals surface area contributed by atoms with Crippen molar-refractivity contribution in [2.75, 3.05) is 0 Å². The van der Waals surface area contributed by atoms with Crippen molar-refractivity contribution in [2.45, 2.75) is 46.1 Å². The van der Waals surface area contributed by atoms with Crippen LogP contribution in [0.4, 0.5) is 17.3 Å². The maximum Gasteiger partial charge on any atom is 0.673 e. The topological polar surface area (TPSA) is 8.81 Å². The van der Waals surface area contributed by atoms with Crippen LogP contribution in [0.5, 0.6) is 0 Å². The lowest BCUT2D eigenvalue weighted by Crippen LogP contribution is -2.35. The van der Waals surface area contributed by atoms with Crippen LogP contribution in [0, 0.1) is 6.92 Å². The van der Waals surface area contributed by atoms with Crippen molar-refractivity contribution < 1.29 is 21.8 Å². The summed E-state index contributed by atoms with van der Waals surface area (Å²) in [6.45, 7) is 5.59. The Morgan fingerprint density at radius 2 is 1.72 bits per heavy atom. The van der Waals surface area contributed by atoms with E-state index in [1.54, 1.807) is 0 Å². The van der Waals surface area contributed by atoms with E-state index in [0.717, 1.165) is 0 Å². The molecule has 1 aromatic rings. The average Bonchev–Trinajstić information content (AvgIpc) is 2.53. The van der Waals surface area contributed by atoms with Crippen molar-refractivity contribution in [1.29, 1.82) is 0 Å². The minimum Gasteiger partial charge on any atom is -0.418 e. The highest BCUT2D eigenvalue weighted by Gasteiger charge is 2.20. The summed E-state index contributed by atoms with van der Waals surface area (Å²) in [6, 6.07) is 0. The summed E-state index contributed by atoms with van der Waals surface area (Å²) in [4.78, 5) is 0. The van der Waals surface area contributed by atoms with Crippen LogP contribution < -0.4 is 4.57 Å². The fourth-order valence-corrected chi connectivity index (χ4v) is 1.54. The van der Waals surface area contributed by atoms with E-state index in [2.05, 4.69) is 42.4 Å². The molecule has 2 nitrogen and oxygen atoms in total. The van der Waals surface area contributed by atoms with Gasteiger partial charge in [-0.05, 0) is 12.8 Å². The van der Waals surface area contributed by atoms with Crippen LogP contribution in [0.15, 0.2) is 12.4 Å². The Bertz CT molecular complexity index is 330. The predicted molar refractivity (Wildman–Crippen MR) is 64.7 cm³/mol. The van der Waals surface area contributed by atoms with Crippen LogP contribution in [-0.4, -0.2) is 11.8 Å². The Hall–Kier alpha value is -1.01. The van der Waals surface area contributed by atoms with Gasteiger partial charge in [-0.1, -0.05) is 19.8 Å². The third kappa shape index (κ3) is 9.07. The molecule has 7 heteroatoms. The largest absolute Gasteiger partial charge is 0.673 e. The molecule has 0 aliphatic rings. The number of unbranched alkanes of at least 4 members (excludes halogenated alkanes) is 3. The Balaban J connectivity index is 0.000000494. The molecular weight excluding hydrogens is 247 g/mol. The molecule has 0 saturated heterocycles. The number of hydrogen-bond acceptors (Lipinski definition) is 0. The second-order valence-electron chi connectivity index (χ2n) is 4.21. The molecule has 1 heterocycles. The molecule has 0 bridgehead atoms. The molecule has 0 fully saturated rings. The van der Waals surface area contributed by atoms with Crippen molar-refractivity contribution in [3.8, 4) is 0 Å². The Labute approximate surface area is 106 Å². The first-order valence-corrected chi connectivity index (χ1v) is 6.14. The number of rotatable bonds is 5. The lowest BCUT2D eigenvalue weighted by molar-refractivity contribution is -0.702. The van der Waals surface area contributed by atoms with E-state index in [4.69, 9.17) is 0 Å². The smallest absolute Gasteiger partial charge is 0.418 e. The van der Waals surface area contributed by atoms with E-state index in [1.165, 1.54) is 38.1 Å². The first-order chi connectivity index (χ1) is 8.25. The van der Waals surface area contributed by atoms with Gasteiger partial charge in [0, 0.05) is 6.92 Å². The summed E-state index contributed by atoms with van der Waals surface area (Å²) in [5, 5.41) is 0. The lowest BCUT2D eigenvalue weighted by Gasteiger charge is -1.98. The van der Waals surface area contributed by atoms with Gasteiger partial charge < -0.3 is 17.3 Å². The molecule has 0 saturated carbocycles. The highest BCUT2D eigenvalue weighted by molar-refractivity contribution is 6.50. The molecule has 0 spiro atoms. The Morgan fingerprint density at radius 1 is 1.17 bits per heavy atom. The van der Waals surface area contributed by atoms with Gasteiger partial charge in [-0.3, -0.25) is 0 Å². The summed E-state index contributed by atoms with van der Waals surface area (Å²) >= 11 is 0. The van der Waals surface area contributed by atoms with Gasteiger partial charge in [0.15, 0.2) is 0 Å². The van der Waals surface area contributed by atoms with E-state index in [1.807, 2.05) is 0 Å². The van der Waals surface area contributed by atoms with E-state index < -0.39 is 7.25 Å². The molecule has 0 atom stereocenters. The second kappa shape index (κ2) is 8.16. The van der Waals surface area contributed by atoms with Gasteiger partial charge in [-0.15, -0.1) is 0 Å². The molecule has 18 heavy (non-hydrogen) atoms. The first kappa shape index (κ1) is 17.0. The molecule has 0 aliphatic carbocycles. The lowest BCUT2D eigenvalue weighted by atomic mass is 10.2. The van der Waals surface area contributed by atoms with Crippen molar-refractivity contribution in [2.24, 2.45) is 7.05 Å². The number of aromatic nitrogens is 2. The van der Waals surface area contributed by atoms with E-state index in [-0.39, 0.29) is 0 Å². The summed E-state index contributed by atoms with van der Waals surface area (Å²) in [5.41, 5.74) is 0. The molecule has 1 rings (SSSR count). The van der Waals surface area contributed by atoms with Gasteiger partial charge >= 0.3 is 7.25 Å². The summed E-state index contributed by atoms with van der Waals surface area (Å²) in [7, 11) is -3.90. The standard InChI is InChI=1S/C11H21N2.BF4/c1-4-5-6-7-8-13-10-9-12(3)11(13)2;2-1(3,4)5/h9-10H,4-8H2,1-3H3;/q+1;-1.